The number of nitrogens with one attached hydrogen (secondary N) is 1. The highest BCUT2D eigenvalue weighted by molar-refractivity contribution is 5.25. The van der Waals surface area contributed by atoms with E-state index >= 15 is 0 Å². The van der Waals surface area contributed by atoms with Gasteiger partial charge < -0.3 is 4.98 Å². The summed E-state index contributed by atoms with van der Waals surface area (Å²) in [5, 5.41) is 0. The van der Waals surface area contributed by atoms with Gasteiger partial charge in [-0.1, -0.05) is 56.9 Å². The molecule has 0 saturated heterocycles. The predicted molar refractivity (Wildman–Crippen MR) is 114 cm³/mol. The van der Waals surface area contributed by atoms with Crippen LogP contribution in [0, 0.1) is 0 Å². The summed E-state index contributed by atoms with van der Waals surface area (Å²) < 4.78 is 0. The Hall–Kier alpha value is -1.94. The van der Waals surface area contributed by atoms with Gasteiger partial charge in [-0.05, 0) is 36.8 Å². The number of unbranched alkanes of at least 4 members (excludes halogenated alkanes) is 1. The maximum atomic E-state index is 12.7. The third-order valence-corrected chi connectivity index (χ3v) is 6.41. The minimum Gasteiger partial charge on any atom is -0.310 e. The number of rotatable bonds is 6. The number of nitrogens with zero attached hydrogens (tertiary/aromatic N) is 2. The molecular formula is C24H33N3O. The SMILES string of the molecule is CCCCc1ccc(CN2CCc3nc(C4CCCCC4)[nH]c(=O)c3C2)cc1. The van der Waals surface area contributed by atoms with Crippen molar-refractivity contribution in [2.45, 2.75) is 83.7 Å². The molecule has 150 valence electrons. The highest BCUT2D eigenvalue weighted by atomic mass is 16.1. The molecule has 28 heavy (non-hydrogen) atoms. The van der Waals surface area contributed by atoms with Crippen molar-refractivity contribution in [1.29, 1.82) is 0 Å². The quantitative estimate of drug-likeness (QED) is 0.790. The fraction of sp³-hybridized carbons (Fsp3) is 0.583. The van der Waals surface area contributed by atoms with Crippen molar-refractivity contribution in [2.75, 3.05) is 6.54 Å². The average molecular weight is 380 g/mol. The number of H-pyrrole nitrogens is 1. The molecule has 2 aliphatic rings. The van der Waals surface area contributed by atoms with Gasteiger partial charge in [-0.3, -0.25) is 9.69 Å². The highest BCUT2D eigenvalue weighted by Gasteiger charge is 2.24. The molecule has 1 aromatic heterocycles. The van der Waals surface area contributed by atoms with E-state index in [0.29, 0.717) is 12.5 Å². The Bertz CT molecular complexity index is 834. The summed E-state index contributed by atoms with van der Waals surface area (Å²) in [4.78, 5) is 23.1. The van der Waals surface area contributed by atoms with Crippen LogP contribution in [0.2, 0.25) is 0 Å². The van der Waals surface area contributed by atoms with Gasteiger partial charge in [-0.2, -0.15) is 0 Å². The highest BCUT2D eigenvalue weighted by Crippen LogP contribution is 2.30. The molecule has 0 bridgehead atoms. The van der Waals surface area contributed by atoms with Gasteiger partial charge in [-0.15, -0.1) is 0 Å². The number of hydrogen-bond acceptors (Lipinski definition) is 3. The first kappa shape index (κ1) is 19.4. The average Bonchev–Trinajstić information content (AvgIpc) is 2.74. The molecule has 0 atom stereocenters. The molecule has 4 nitrogen and oxygen atoms in total. The Kier molecular flexibility index (Phi) is 6.26. The van der Waals surface area contributed by atoms with E-state index < -0.39 is 0 Å². The van der Waals surface area contributed by atoms with Gasteiger partial charge in [0, 0.05) is 32.0 Å². The molecule has 1 aliphatic carbocycles. The summed E-state index contributed by atoms with van der Waals surface area (Å²) in [6, 6.07) is 9.01. The van der Waals surface area contributed by atoms with Crippen molar-refractivity contribution >= 4 is 0 Å². The van der Waals surface area contributed by atoms with Gasteiger partial charge in [0.25, 0.3) is 5.56 Å². The van der Waals surface area contributed by atoms with E-state index in [4.69, 9.17) is 4.98 Å². The van der Waals surface area contributed by atoms with E-state index in [-0.39, 0.29) is 5.56 Å². The van der Waals surface area contributed by atoms with Crippen LogP contribution in [0.5, 0.6) is 0 Å². The molecule has 1 saturated carbocycles. The van der Waals surface area contributed by atoms with Gasteiger partial charge in [-0.25, -0.2) is 4.98 Å². The molecule has 0 radical (unpaired) electrons. The Morgan fingerprint density at radius 3 is 2.61 bits per heavy atom. The molecule has 0 unspecified atom stereocenters. The number of fused-ring (bicyclic) bond motifs is 1. The lowest BCUT2D eigenvalue weighted by Crippen LogP contribution is -2.36. The van der Waals surface area contributed by atoms with Crippen LogP contribution in [0.15, 0.2) is 29.1 Å². The molecule has 0 spiro atoms. The van der Waals surface area contributed by atoms with Crippen molar-refractivity contribution in [3.8, 4) is 0 Å². The maximum Gasteiger partial charge on any atom is 0.255 e. The molecule has 0 amide bonds. The minimum absolute atomic E-state index is 0.0881. The van der Waals surface area contributed by atoms with Crippen LogP contribution in [-0.4, -0.2) is 21.4 Å². The maximum absolute atomic E-state index is 12.7. The van der Waals surface area contributed by atoms with E-state index in [1.54, 1.807) is 0 Å². The zero-order valence-corrected chi connectivity index (χ0v) is 17.2. The first-order chi connectivity index (χ1) is 13.7. The third kappa shape index (κ3) is 4.54. The number of hydrogen-bond donors (Lipinski definition) is 1. The zero-order valence-electron chi connectivity index (χ0n) is 17.2. The fourth-order valence-corrected chi connectivity index (χ4v) is 4.65. The number of aromatic amines is 1. The van der Waals surface area contributed by atoms with E-state index in [9.17, 15) is 4.79 Å². The topological polar surface area (TPSA) is 49.0 Å². The number of benzene rings is 1. The molecule has 1 N–H and O–H groups in total. The van der Waals surface area contributed by atoms with E-state index in [1.807, 2.05) is 0 Å². The second-order valence-corrected chi connectivity index (χ2v) is 8.59. The van der Waals surface area contributed by atoms with Gasteiger partial charge in [0.15, 0.2) is 0 Å². The minimum atomic E-state index is 0.0881. The molecule has 4 rings (SSSR count). The molecule has 4 heteroatoms. The molecular weight excluding hydrogens is 346 g/mol. The first-order valence-electron chi connectivity index (χ1n) is 11.1. The van der Waals surface area contributed by atoms with Crippen molar-refractivity contribution < 1.29 is 0 Å². The molecule has 1 fully saturated rings. The Morgan fingerprint density at radius 1 is 1.11 bits per heavy atom. The second kappa shape index (κ2) is 9.04. The van der Waals surface area contributed by atoms with Gasteiger partial charge in [0.1, 0.15) is 5.82 Å². The van der Waals surface area contributed by atoms with Gasteiger partial charge in [0.2, 0.25) is 0 Å². The molecule has 1 aliphatic heterocycles. The number of aryl methyl sites for hydroxylation is 1. The zero-order chi connectivity index (χ0) is 19.3. The first-order valence-corrected chi connectivity index (χ1v) is 11.1. The predicted octanol–water partition coefficient (Wildman–Crippen LogP) is 4.72. The van der Waals surface area contributed by atoms with Gasteiger partial charge in [0.05, 0.1) is 11.3 Å². The Labute approximate surface area is 168 Å². The monoisotopic (exact) mass is 379 g/mol. The second-order valence-electron chi connectivity index (χ2n) is 8.59. The van der Waals surface area contributed by atoms with Crippen molar-refractivity contribution in [3.05, 3.63) is 62.8 Å². The Balaban J connectivity index is 1.42. The van der Waals surface area contributed by atoms with Crippen LogP contribution in [0.3, 0.4) is 0 Å². The van der Waals surface area contributed by atoms with E-state index in [2.05, 4.69) is 41.1 Å². The normalized spacial score (nSPS) is 18.2. The lowest BCUT2D eigenvalue weighted by molar-refractivity contribution is 0.241. The van der Waals surface area contributed by atoms with Crippen LogP contribution in [-0.2, 0) is 25.9 Å². The standard InChI is InChI=1S/C24H33N3O/c1-2-3-7-18-10-12-19(13-11-18)16-27-15-14-22-21(17-27)24(28)26-23(25-22)20-8-5-4-6-9-20/h10-13,20H,2-9,14-17H2,1H3,(H,25,26,28). The van der Waals surface area contributed by atoms with Crippen LogP contribution in [0.1, 0.15) is 86.0 Å². The van der Waals surface area contributed by atoms with Crippen molar-refractivity contribution in [3.63, 3.8) is 0 Å². The Morgan fingerprint density at radius 2 is 1.86 bits per heavy atom. The van der Waals surface area contributed by atoms with Gasteiger partial charge >= 0.3 is 0 Å². The molecule has 2 heterocycles. The van der Waals surface area contributed by atoms with Crippen LogP contribution in [0.25, 0.3) is 0 Å². The van der Waals surface area contributed by atoms with Crippen LogP contribution < -0.4 is 5.56 Å². The fourth-order valence-electron chi connectivity index (χ4n) is 4.65. The smallest absolute Gasteiger partial charge is 0.255 e. The summed E-state index contributed by atoms with van der Waals surface area (Å²) in [6.07, 6.45) is 10.7. The van der Waals surface area contributed by atoms with E-state index in [1.165, 1.54) is 56.1 Å². The summed E-state index contributed by atoms with van der Waals surface area (Å²) in [5.41, 5.74) is 4.75. The van der Waals surface area contributed by atoms with Crippen molar-refractivity contribution in [1.82, 2.24) is 14.9 Å². The summed E-state index contributed by atoms with van der Waals surface area (Å²) in [7, 11) is 0. The third-order valence-electron chi connectivity index (χ3n) is 6.41. The van der Waals surface area contributed by atoms with Crippen LogP contribution in [0.4, 0.5) is 0 Å². The summed E-state index contributed by atoms with van der Waals surface area (Å²) in [5.74, 6) is 1.40. The lowest BCUT2D eigenvalue weighted by atomic mass is 9.88. The summed E-state index contributed by atoms with van der Waals surface area (Å²) in [6.45, 7) is 4.82. The molecule has 2 aromatic rings. The largest absolute Gasteiger partial charge is 0.310 e. The lowest BCUT2D eigenvalue weighted by Gasteiger charge is -2.29. The number of aromatic nitrogens is 2. The summed E-state index contributed by atoms with van der Waals surface area (Å²) >= 11 is 0. The van der Waals surface area contributed by atoms with Crippen molar-refractivity contribution in [2.24, 2.45) is 0 Å². The molecule has 1 aromatic carbocycles. The van der Waals surface area contributed by atoms with E-state index in [0.717, 1.165) is 43.0 Å². The van der Waals surface area contributed by atoms with Crippen LogP contribution >= 0.6 is 0 Å².